The Morgan fingerprint density at radius 2 is 1.75 bits per heavy atom. The maximum atomic E-state index is 6.41. The summed E-state index contributed by atoms with van der Waals surface area (Å²) < 4.78 is 0. The monoisotopic (exact) mass is 288 g/mol. The number of benzene rings is 2. The molecule has 0 bridgehead atoms. The SMILES string of the molecule is Cc1cc(C)cc(N(C)c2c(Cl)cccc2CCN)c1. The molecular formula is C17H21ClN2. The molecule has 0 aliphatic rings. The van der Waals surface area contributed by atoms with Crippen LogP contribution in [-0.4, -0.2) is 13.6 Å². The highest BCUT2D eigenvalue weighted by atomic mass is 35.5. The van der Waals surface area contributed by atoms with E-state index in [9.17, 15) is 0 Å². The van der Waals surface area contributed by atoms with Gasteiger partial charge in [0.1, 0.15) is 0 Å². The van der Waals surface area contributed by atoms with Gasteiger partial charge in [0.05, 0.1) is 10.7 Å². The van der Waals surface area contributed by atoms with Gasteiger partial charge in [0.15, 0.2) is 0 Å². The van der Waals surface area contributed by atoms with Crippen molar-refractivity contribution >= 4 is 23.0 Å². The van der Waals surface area contributed by atoms with Gasteiger partial charge in [-0.15, -0.1) is 0 Å². The predicted octanol–water partition coefficient (Wildman–Crippen LogP) is 4.23. The summed E-state index contributed by atoms with van der Waals surface area (Å²) in [6, 6.07) is 12.5. The number of halogens is 1. The van der Waals surface area contributed by atoms with Crippen molar-refractivity contribution in [3.05, 3.63) is 58.1 Å². The molecule has 0 spiro atoms. The van der Waals surface area contributed by atoms with Gasteiger partial charge in [0.25, 0.3) is 0 Å². The molecule has 2 rings (SSSR count). The average molecular weight is 289 g/mol. The van der Waals surface area contributed by atoms with Crippen molar-refractivity contribution in [2.24, 2.45) is 5.73 Å². The van der Waals surface area contributed by atoms with Crippen LogP contribution in [0, 0.1) is 13.8 Å². The van der Waals surface area contributed by atoms with Crippen LogP contribution in [0.4, 0.5) is 11.4 Å². The summed E-state index contributed by atoms with van der Waals surface area (Å²) in [4.78, 5) is 2.15. The van der Waals surface area contributed by atoms with Crippen molar-refractivity contribution in [3.63, 3.8) is 0 Å². The molecule has 2 nitrogen and oxygen atoms in total. The molecule has 0 heterocycles. The first-order valence-corrected chi connectivity index (χ1v) is 7.20. The first-order chi connectivity index (χ1) is 9.52. The average Bonchev–Trinajstić information content (AvgIpc) is 2.37. The molecule has 0 aliphatic carbocycles. The van der Waals surface area contributed by atoms with Crippen LogP contribution in [0.1, 0.15) is 16.7 Å². The van der Waals surface area contributed by atoms with Crippen molar-refractivity contribution in [3.8, 4) is 0 Å². The minimum atomic E-state index is 0.619. The van der Waals surface area contributed by atoms with Crippen molar-refractivity contribution in [2.75, 3.05) is 18.5 Å². The first kappa shape index (κ1) is 14.9. The Labute approximate surface area is 126 Å². The third kappa shape index (κ3) is 3.14. The number of nitrogens with two attached hydrogens (primary N) is 1. The summed E-state index contributed by atoms with van der Waals surface area (Å²) in [5, 5.41) is 0.762. The maximum absolute atomic E-state index is 6.41. The Balaban J connectivity index is 2.49. The topological polar surface area (TPSA) is 29.3 Å². The number of rotatable bonds is 4. The van der Waals surface area contributed by atoms with Crippen molar-refractivity contribution in [1.29, 1.82) is 0 Å². The van der Waals surface area contributed by atoms with Gasteiger partial charge >= 0.3 is 0 Å². The molecule has 0 amide bonds. The molecule has 2 aromatic carbocycles. The van der Waals surface area contributed by atoms with Crippen LogP contribution in [0.15, 0.2) is 36.4 Å². The fourth-order valence-corrected chi connectivity index (χ4v) is 2.89. The van der Waals surface area contributed by atoms with E-state index in [0.717, 1.165) is 22.8 Å². The normalized spacial score (nSPS) is 10.7. The van der Waals surface area contributed by atoms with E-state index < -0.39 is 0 Å². The first-order valence-electron chi connectivity index (χ1n) is 6.82. The molecule has 2 aromatic rings. The zero-order valence-corrected chi connectivity index (χ0v) is 13.0. The van der Waals surface area contributed by atoms with Gasteiger partial charge in [-0.25, -0.2) is 0 Å². The molecule has 0 atom stereocenters. The van der Waals surface area contributed by atoms with Crippen LogP contribution >= 0.6 is 11.6 Å². The summed E-state index contributed by atoms with van der Waals surface area (Å²) in [6.45, 7) is 4.84. The van der Waals surface area contributed by atoms with Crippen LogP contribution < -0.4 is 10.6 Å². The molecule has 0 unspecified atom stereocenters. The van der Waals surface area contributed by atoms with Gasteiger partial charge in [0.2, 0.25) is 0 Å². The Bertz CT molecular complexity index is 588. The second-order valence-corrected chi connectivity index (χ2v) is 5.60. The standard InChI is InChI=1S/C17H21ClN2/c1-12-9-13(2)11-15(10-12)20(3)17-14(7-8-19)5-4-6-16(17)18/h4-6,9-11H,7-8,19H2,1-3H3. The summed E-state index contributed by atoms with van der Waals surface area (Å²) in [6.07, 6.45) is 0.824. The lowest BCUT2D eigenvalue weighted by atomic mass is 10.1. The fraction of sp³-hybridized carbons (Fsp3) is 0.294. The highest BCUT2D eigenvalue weighted by Crippen LogP contribution is 2.34. The van der Waals surface area contributed by atoms with Gasteiger partial charge in [-0.1, -0.05) is 29.8 Å². The summed E-state index contributed by atoms with van der Waals surface area (Å²) >= 11 is 6.41. The Morgan fingerprint density at radius 3 is 2.35 bits per heavy atom. The molecule has 106 valence electrons. The van der Waals surface area contributed by atoms with Crippen LogP contribution in [0.5, 0.6) is 0 Å². The largest absolute Gasteiger partial charge is 0.343 e. The van der Waals surface area contributed by atoms with E-state index in [1.54, 1.807) is 0 Å². The van der Waals surface area contributed by atoms with Crippen LogP contribution in [0.2, 0.25) is 5.02 Å². The fourth-order valence-electron chi connectivity index (χ4n) is 2.57. The molecule has 0 fully saturated rings. The van der Waals surface area contributed by atoms with Crippen molar-refractivity contribution in [2.45, 2.75) is 20.3 Å². The highest BCUT2D eigenvalue weighted by Gasteiger charge is 2.13. The van der Waals surface area contributed by atoms with Crippen LogP contribution in [0.3, 0.4) is 0 Å². The molecular weight excluding hydrogens is 268 g/mol. The van der Waals surface area contributed by atoms with E-state index >= 15 is 0 Å². The smallest absolute Gasteiger partial charge is 0.0645 e. The quantitative estimate of drug-likeness (QED) is 0.912. The van der Waals surface area contributed by atoms with Crippen molar-refractivity contribution in [1.82, 2.24) is 0 Å². The third-order valence-corrected chi connectivity index (χ3v) is 3.72. The summed E-state index contributed by atoms with van der Waals surface area (Å²) in [7, 11) is 2.05. The lowest BCUT2D eigenvalue weighted by molar-refractivity contribution is 0.961. The number of aryl methyl sites for hydroxylation is 2. The number of hydrogen-bond donors (Lipinski definition) is 1. The zero-order valence-electron chi connectivity index (χ0n) is 12.3. The lowest BCUT2D eigenvalue weighted by Gasteiger charge is -2.24. The molecule has 0 saturated heterocycles. The summed E-state index contributed by atoms with van der Waals surface area (Å²) in [5.74, 6) is 0. The Kier molecular flexibility index (Phi) is 4.69. The van der Waals surface area contributed by atoms with E-state index in [1.165, 1.54) is 16.7 Å². The zero-order chi connectivity index (χ0) is 14.7. The maximum Gasteiger partial charge on any atom is 0.0645 e. The number of hydrogen-bond acceptors (Lipinski definition) is 2. The van der Waals surface area contributed by atoms with E-state index in [1.807, 2.05) is 12.1 Å². The number of anilines is 2. The third-order valence-electron chi connectivity index (χ3n) is 3.41. The van der Waals surface area contributed by atoms with Gasteiger partial charge in [-0.3, -0.25) is 0 Å². The van der Waals surface area contributed by atoms with Crippen LogP contribution in [-0.2, 0) is 6.42 Å². The minimum absolute atomic E-state index is 0.619. The van der Waals surface area contributed by atoms with Gasteiger partial charge < -0.3 is 10.6 Å². The number of nitrogens with zero attached hydrogens (tertiary/aromatic N) is 1. The molecule has 2 N–H and O–H groups in total. The predicted molar refractivity (Wildman–Crippen MR) is 88.2 cm³/mol. The molecule has 0 saturated carbocycles. The van der Waals surface area contributed by atoms with E-state index in [2.05, 4.69) is 50.1 Å². The van der Waals surface area contributed by atoms with Crippen LogP contribution in [0.25, 0.3) is 0 Å². The van der Waals surface area contributed by atoms with Gasteiger partial charge in [0, 0.05) is 12.7 Å². The lowest BCUT2D eigenvalue weighted by Crippen LogP contribution is -2.14. The summed E-state index contributed by atoms with van der Waals surface area (Å²) in [5.41, 5.74) is 11.6. The molecule has 0 radical (unpaired) electrons. The van der Waals surface area contributed by atoms with Gasteiger partial charge in [-0.05, 0) is 61.7 Å². The van der Waals surface area contributed by atoms with Gasteiger partial charge in [-0.2, -0.15) is 0 Å². The Hall–Kier alpha value is -1.51. The number of para-hydroxylation sites is 1. The van der Waals surface area contributed by atoms with E-state index in [0.29, 0.717) is 6.54 Å². The second kappa shape index (κ2) is 6.29. The molecule has 3 heteroatoms. The molecule has 0 aliphatic heterocycles. The second-order valence-electron chi connectivity index (χ2n) is 5.19. The Morgan fingerprint density at radius 1 is 1.10 bits per heavy atom. The minimum Gasteiger partial charge on any atom is -0.343 e. The van der Waals surface area contributed by atoms with E-state index in [-0.39, 0.29) is 0 Å². The molecule has 20 heavy (non-hydrogen) atoms. The van der Waals surface area contributed by atoms with Crippen molar-refractivity contribution < 1.29 is 0 Å². The molecule has 0 aromatic heterocycles. The highest BCUT2D eigenvalue weighted by molar-refractivity contribution is 6.33. The van der Waals surface area contributed by atoms with E-state index in [4.69, 9.17) is 17.3 Å².